The van der Waals surface area contributed by atoms with Gasteiger partial charge in [-0.15, -0.1) is 0 Å². The van der Waals surface area contributed by atoms with E-state index in [-0.39, 0.29) is 18.6 Å². The number of carboxylic acids is 1. The number of hydrogen-bond donors (Lipinski definition) is 2. The summed E-state index contributed by atoms with van der Waals surface area (Å²) in [5, 5.41) is 11.4. The normalized spacial score (nSPS) is 18.4. The maximum Gasteiger partial charge on any atom is 0.334 e. The van der Waals surface area contributed by atoms with Gasteiger partial charge in [0.15, 0.2) is 6.10 Å². The highest BCUT2D eigenvalue weighted by molar-refractivity contribution is 5.94. The van der Waals surface area contributed by atoms with Crippen molar-refractivity contribution in [1.82, 2.24) is 5.32 Å². The van der Waals surface area contributed by atoms with E-state index in [9.17, 15) is 9.59 Å². The van der Waals surface area contributed by atoms with E-state index in [0.29, 0.717) is 17.9 Å². The van der Waals surface area contributed by atoms with Gasteiger partial charge in [0, 0.05) is 19.3 Å². The molecule has 2 unspecified atom stereocenters. The average molecular weight is 323 g/mol. The highest BCUT2D eigenvalue weighted by Gasteiger charge is 2.18. The quantitative estimate of drug-likeness (QED) is 0.743. The lowest BCUT2D eigenvalue weighted by Crippen LogP contribution is -2.37. The van der Waals surface area contributed by atoms with E-state index < -0.39 is 12.1 Å². The molecule has 0 aromatic heterocycles. The molecule has 1 aromatic carbocycles. The Bertz CT molecular complexity index is 541. The van der Waals surface area contributed by atoms with Crippen LogP contribution in [0, 0.1) is 0 Å². The van der Waals surface area contributed by atoms with Gasteiger partial charge in [0.1, 0.15) is 12.4 Å². The number of ether oxygens (including phenoxy) is 3. The lowest BCUT2D eigenvalue weighted by Gasteiger charge is -2.13. The van der Waals surface area contributed by atoms with Crippen molar-refractivity contribution in [1.29, 1.82) is 0 Å². The van der Waals surface area contributed by atoms with Crippen molar-refractivity contribution in [2.24, 2.45) is 0 Å². The fourth-order valence-corrected chi connectivity index (χ4v) is 2.25. The first-order chi connectivity index (χ1) is 11.1. The largest absolute Gasteiger partial charge is 0.491 e. The number of hydrogen-bond acceptors (Lipinski definition) is 5. The average Bonchev–Trinajstić information content (AvgIpc) is 3.06. The molecule has 0 saturated carbocycles. The summed E-state index contributed by atoms with van der Waals surface area (Å²) in [6, 6.07) is 6.73. The molecule has 1 saturated heterocycles. The summed E-state index contributed by atoms with van der Waals surface area (Å²) in [7, 11) is 1.28. The van der Waals surface area contributed by atoms with Gasteiger partial charge < -0.3 is 24.6 Å². The smallest absolute Gasteiger partial charge is 0.334 e. The van der Waals surface area contributed by atoms with Crippen LogP contribution < -0.4 is 10.1 Å². The van der Waals surface area contributed by atoms with Crippen molar-refractivity contribution in [3.8, 4) is 5.75 Å². The number of amides is 1. The van der Waals surface area contributed by atoms with Gasteiger partial charge >= 0.3 is 5.97 Å². The van der Waals surface area contributed by atoms with Crippen molar-refractivity contribution >= 4 is 11.9 Å². The number of benzene rings is 1. The number of rotatable bonds is 8. The Morgan fingerprint density at radius 1 is 1.48 bits per heavy atom. The number of methoxy groups -OCH3 is 1. The van der Waals surface area contributed by atoms with E-state index in [4.69, 9.17) is 19.3 Å². The molecule has 2 atom stereocenters. The highest BCUT2D eigenvalue weighted by atomic mass is 16.5. The second-order valence-electron chi connectivity index (χ2n) is 5.25. The van der Waals surface area contributed by atoms with Crippen LogP contribution >= 0.6 is 0 Å². The van der Waals surface area contributed by atoms with Gasteiger partial charge in [0.2, 0.25) is 0 Å². The van der Waals surface area contributed by atoms with Gasteiger partial charge in [-0.2, -0.15) is 0 Å². The number of nitrogens with one attached hydrogen (secondary N) is 1. The topological polar surface area (TPSA) is 94.1 Å². The van der Waals surface area contributed by atoms with Crippen LogP contribution in [0.2, 0.25) is 0 Å². The molecule has 1 aliphatic rings. The summed E-state index contributed by atoms with van der Waals surface area (Å²) in [6.07, 6.45) is 1.05. The fraction of sp³-hybridized carbons (Fsp3) is 0.500. The molecule has 7 nitrogen and oxygen atoms in total. The number of carbonyl (C=O) groups is 2. The van der Waals surface area contributed by atoms with Crippen molar-refractivity contribution in [3.63, 3.8) is 0 Å². The Kier molecular flexibility index (Phi) is 6.37. The van der Waals surface area contributed by atoms with Crippen molar-refractivity contribution < 1.29 is 28.9 Å². The molecule has 0 spiro atoms. The van der Waals surface area contributed by atoms with E-state index in [0.717, 1.165) is 19.4 Å². The Labute approximate surface area is 134 Å². The molecule has 1 aromatic rings. The summed E-state index contributed by atoms with van der Waals surface area (Å²) in [4.78, 5) is 22.9. The van der Waals surface area contributed by atoms with E-state index in [1.54, 1.807) is 24.3 Å². The molecule has 0 radical (unpaired) electrons. The molecule has 126 valence electrons. The van der Waals surface area contributed by atoms with E-state index in [1.165, 1.54) is 7.11 Å². The van der Waals surface area contributed by atoms with Crippen molar-refractivity contribution in [3.05, 3.63) is 29.8 Å². The second-order valence-corrected chi connectivity index (χ2v) is 5.25. The van der Waals surface area contributed by atoms with Crippen LogP contribution in [0.1, 0.15) is 23.2 Å². The van der Waals surface area contributed by atoms with Crippen LogP contribution in [0.4, 0.5) is 0 Å². The molecule has 7 heteroatoms. The van der Waals surface area contributed by atoms with Gasteiger partial charge in [-0.1, -0.05) is 6.07 Å². The van der Waals surface area contributed by atoms with Gasteiger partial charge in [0.05, 0.1) is 12.6 Å². The third kappa shape index (κ3) is 5.22. The van der Waals surface area contributed by atoms with Gasteiger partial charge in [-0.25, -0.2) is 4.79 Å². The summed E-state index contributed by atoms with van der Waals surface area (Å²) >= 11 is 0. The Balaban J connectivity index is 1.87. The molecule has 1 amide bonds. The molecule has 2 N–H and O–H groups in total. The van der Waals surface area contributed by atoms with Crippen LogP contribution in [0.25, 0.3) is 0 Å². The molecule has 2 rings (SSSR count). The van der Waals surface area contributed by atoms with E-state index >= 15 is 0 Å². The molecular formula is C16H21NO6. The molecular weight excluding hydrogens is 302 g/mol. The van der Waals surface area contributed by atoms with E-state index in [2.05, 4.69) is 5.32 Å². The van der Waals surface area contributed by atoms with Crippen molar-refractivity contribution in [2.75, 3.05) is 26.9 Å². The van der Waals surface area contributed by atoms with Gasteiger partial charge in [0.25, 0.3) is 5.91 Å². The zero-order valence-corrected chi connectivity index (χ0v) is 13.0. The standard InChI is InChI=1S/C16H21NO6/c1-21-14(16(19)20)9-17-15(18)11-4-2-5-12(8-11)23-10-13-6-3-7-22-13/h2,4-5,8,13-14H,3,6-7,9-10H2,1H3,(H,17,18)(H,19,20). The van der Waals surface area contributed by atoms with Crippen molar-refractivity contribution in [2.45, 2.75) is 25.0 Å². The lowest BCUT2D eigenvalue weighted by molar-refractivity contribution is -0.148. The first-order valence-corrected chi connectivity index (χ1v) is 7.48. The summed E-state index contributed by atoms with van der Waals surface area (Å²) in [6.45, 7) is 1.11. The third-order valence-corrected chi connectivity index (χ3v) is 3.56. The summed E-state index contributed by atoms with van der Waals surface area (Å²) < 4.78 is 15.9. The lowest BCUT2D eigenvalue weighted by atomic mass is 10.2. The summed E-state index contributed by atoms with van der Waals surface area (Å²) in [5.41, 5.74) is 0.398. The van der Waals surface area contributed by atoms with Gasteiger partial charge in [-0.05, 0) is 31.0 Å². The molecule has 1 aliphatic heterocycles. The minimum Gasteiger partial charge on any atom is -0.491 e. The van der Waals surface area contributed by atoms with E-state index in [1.807, 2.05) is 0 Å². The van der Waals surface area contributed by atoms with Crippen LogP contribution in [0.3, 0.4) is 0 Å². The van der Waals surface area contributed by atoms with Crippen LogP contribution in [0.5, 0.6) is 5.75 Å². The molecule has 0 bridgehead atoms. The zero-order chi connectivity index (χ0) is 16.7. The number of aliphatic carboxylic acids is 1. The predicted molar refractivity (Wildman–Crippen MR) is 81.7 cm³/mol. The maximum atomic E-state index is 12.1. The monoisotopic (exact) mass is 323 g/mol. The first-order valence-electron chi connectivity index (χ1n) is 7.48. The second kappa shape index (κ2) is 8.50. The molecule has 1 heterocycles. The number of carboxylic acid groups (broad SMARTS) is 1. The van der Waals surface area contributed by atoms with Crippen LogP contribution in [0.15, 0.2) is 24.3 Å². The Morgan fingerprint density at radius 3 is 2.96 bits per heavy atom. The van der Waals surface area contributed by atoms with Crippen LogP contribution in [-0.4, -0.2) is 56.1 Å². The fourth-order valence-electron chi connectivity index (χ4n) is 2.25. The van der Waals surface area contributed by atoms with Gasteiger partial charge in [-0.3, -0.25) is 4.79 Å². The third-order valence-electron chi connectivity index (χ3n) is 3.56. The first kappa shape index (κ1) is 17.2. The minimum atomic E-state index is -1.12. The molecule has 0 aliphatic carbocycles. The summed E-state index contributed by atoms with van der Waals surface area (Å²) in [5.74, 6) is -0.924. The van der Waals surface area contributed by atoms with Crippen LogP contribution in [-0.2, 0) is 14.3 Å². The Hall–Kier alpha value is -2.12. The highest BCUT2D eigenvalue weighted by Crippen LogP contribution is 2.17. The molecule has 23 heavy (non-hydrogen) atoms. The predicted octanol–water partition coefficient (Wildman–Crippen LogP) is 1.07. The molecule has 1 fully saturated rings. The minimum absolute atomic E-state index is 0.102. The Morgan fingerprint density at radius 2 is 2.30 bits per heavy atom. The zero-order valence-electron chi connectivity index (χ0n) is 13.0. The maximum absolute atomic E-state index is 12.1. The number of carbonyl (C=O) groups excluding carboxylic acids is 1. The SMILES string of the molecule is COC(CNC(=O)c1cccc(OCC2CCCO2)c1)C(=O)O.